The molecule has 1 aliphatic rings. The summed E-state index contributed by atoms with van der Waals surface area (Å²) in [6.45, 7) is 7.30. The van der Waals surface area contributed by atoms with Crippen LogP contribution in [-0.4, -0.2) is 55.3 Å². The van der Waals surface area contributed by atoms with E-state index in [9.17, 15) is 9.59 Å². The zero-order valence-corrected chi connectivity index (χ0v) is 13.9. The van der Waals surface area contributed by atoms with Crippen molar-refractivity contribution >= 4 is 29.1 Å². The van der Waals surface area contributed by atoms with E-state index >= 15 is 0 Å². The minimum Gasteiger partial charge on any atom is -0.330 e. The fourth-order valence-electron chi connectivity index (χ4n) is 2.76. The van der Waals surface area contributed by atoms with E-state index in [1.54, 1.807) is 4.90 Å². The summed E-state index contributed by atoms with van der Waals surface area (Å²) in [5, 5.41) is 3.01. The lowest BCUT2D eigenvalue weighted by molar-refractivity contribution is -0.895. The molecule has 22 heavy (non-hydrogen) atoms. The molecular weight excluding hydrogens is 302 g/mol. The minimum absolute atomic E-state index is 0.0181. The first-order valence-corrected chi connectivity index (χ1v) is 8.08. The van der Waals surface area contributed by atoms with Crippen LogP contribution in [0.4, 0.5) is 5.69 Å². The quantitative estimate of drug-likeness (QED) is 0.778. The average Bonchev–Trinajstić information content (AvgIpc) is 2.51. The summed E-state index contributed by atoms with van der Waals surface area (Å²) in [6, 6.07) is 5.97. The van der Waals surface area contributed by atoms with E-state index in [2.05, 4.69) is 5.32 Å². The van der Waals surface area contributed by atoms with Crippen LogP contribution in [0, 0.1) is 13.8 Å². The van der Waals surface area contributed by atoms with Crippen molar-refractivity contribution < 1.29 is 14.5 Å². The molecular formula is C16H23ClN3O2+. The third-order valence-electron chi connectivity index (χ3n) is 4.09. The molecule has 1 heterocycles. The number of rotatable bonds is 4. The molecule has 1 aliphatic heterocycles. The fraction of sp³-hybridized carbons (Fsp3) is 0.500. The second-order valence-electron chi connectivity index (χ2n) is 5.76. The van der Waals surface area contributed by atoms with Crippen LogP contribution >= 0.6 is 11.6 Å². The molecule has 0 aliphatic carbocycles. The highest BCUT2D eigenvalue weighted by Gasteiger charge is 2.24. The molecule has 2 amide bonds. The van der Waals surface area contributed by atoms with Crippen LogP contribution in [0.15, 0.2) is 18.2 Å². The Bertz CT molecular complexity index is 534. The highest BCUT2D eigenvalue weighted by molar-refractivity contribution is 6.27. The van der Waals surface area contributed by atoms with Gasteiger partial charge < -0.3 is 15.1 Å². The number of nitrogens with one attached hydrogen (secondary N) is 2. The predicted molar refractivity (Wildman–Crippen MR) is 87.4 cm³/mol. The number of hydrogen-bond acceptors (Lipinski definition) is 2. The van der Waals surface area contributed by atoms with Crippen LogP contribution in [0.25, 0.3) is 0 Å². The van der Waals surface area contributed by atoms with Gasteiger partial charge >= 0.3 is 0 Å². The molecule has 2 N–H and O–H groups in total. The van der Waals surface area contributed by atoms with Gasteiger partial charge in [0.15, 0.2) is 6.54 Å². The minimum atomic E-state index is -0.0271. The summed E-state index contributed by atoms with van der Waals surface area (Å²) in [5.74, 6) is 0.0211. The SMILES string of the molecule is Cc1cccc(C)c1NC(=O)C[NH+]1CCN(C(=O)CCl)CC1. The zero-order chi connectivity index (χ0) is 16.1. The van der Waals surface area contributed by atoms with Crippen molar-refractivity contribution in [2.24, 2.45) is 0 Å². The van der Waals surface area contributed by atoms with E-state index in [1.807, 2.05) is 32.0 Å². The molecule has 0 radical (unpaired) electrons. The van der Waals surface area contributed by atoms with Crippen molar-refractivity contribution in [2.75, 3.05) is 43.9 Å². The van der Waals surface area contributed by atoms with Gasteiger partial charge in [0.25, 0.3) is 5.91 Å². The van der Waals surface area contributed by atoms with Gasteiger partial charge in [0.2, 0.25) is 5.91 Å². The molecule has 6 heteroatoms. The lowest BCUT2D eigenvalue weighted by atomic mass is 10.1. The van der Waals surface area contributed by atoms with Crippen LogP contribution in [-0.2, 0) is 9.59 Å². The van der Waals surface area contributed by atoms with Crippen LogP contribution < -0.4 is 10.2 Å². The molecule has 1 saturated heterocycles. The molecule has 2 rings (SSSR count). The summed E-state index contributed by atoms with van der Waals surface area (Å²) in [5.41, 5.74) is 3.05. The summed E-state index contributed by atoms with van der Waals surface area (Å²) in [6.07, 6.45) is 0. The molecule has 1 fully saturated rings. The van der Waals surface area contributed by atoms with Crippen LogP contribution in [0.5, 0.6) is 0 Å². The second kappa shape index (κ2) is 7.61. The van der Waals surface area contributed by atoms with Gasteiger partial charge in [-0.15, -0.1) is 11.6 Å². The number of benzene rings is 1. The van der Waals surface area contributed by atoms with E-state index < -0.39 is 0 Å². The van der Waals surface area contributed by atoms with Gasteiger partial charge in [0.05, 0.1) is 26.2 Å². The zero-order valence-electron chi connectivity index (χ0n) is 13.1. The molecule has 0 atom stereocenters. The maximum Gasteiger partial charge on any atom is 0.279 e. The van der Waals surface area contributed by atoms with E-state index in [0.717, 1.165) is 29.9 Å². The number of piperazine rings is 1. The van der Waals surface area contributed by atoms with Crippen LogP contribution in [0.2, 0.25) is 0 Å². The van der Waals surface area contributed by atoms with Gasteiger partial charge in [0.1, 0.15) is 5.88 Å². The fourth-order valence-corrected chi connectivity index (χ4v) is 2.92. The lowest BCUT2D eigenvalue weighted by Crippen LogP contribution is -3.15. The third-order valence-corrected chi connectivity index (χ3v) is 4.32. The van der Waals surface area contributed by atoms with Crippen molar-refractivity contribution in [3.63, 3.8) is 0 Å². The number of amides is 2. The Labute approximate surface area is 136 Å². The third kappa shape index (κ3) is 4.21. The predicted octanol–water partition coefficient (Wildman–Crippen LogP) is 0.208. The number of halogens is 1. The summed E-state index contributed by atoms with van der Waals surface area (Å²) in [4.78, 5) is 26.7. The Balaban J connectivity index is 1.85. The average molecular weight is 325 g/mol. The molecule has 5 nitrogen and oxygen atoms in total. The number of quaternary nitrogens is 1. The number of para-hydroxylation sites is 1. The van der Waals surface area contributed by atoms with E-state index in [0.29, 0.717) is 19.6 Å². The van der Waals surface area contributed by atoms with Crippen molar-refractivity contribution in [1.82, 2.24) is 4.90 Å². The Morgan fingerprint density at radius 3 is 2.36 bits per heavy atom. The largest absolute Gasteiger partial charge is 0.330 e. The number of aryl methyl sites for hydroxylation is 2. The van der Waals surface area contributed by atoms with E-state index in [1.165, 1.54) is 4.90 Å². The molecule has 0 bridgehead atoms. The maximum atomic E-state index is 12.2. The van der Waals surface area contributed by atoms with Gasteiger partial charge in [-0.3, -0.25) is 9.59 Å². The molecule has 1 aromatic carbocycles. The Morgan fingerprint density at radius 2 is 1.82 bits per heavy atom. The normalized spacial score (nSPS) is 15.7. The number of carbonyl (C=O) groups is 2. The van der Waals surface area contributed by atoms with Crippen molar-refractivity contribution in [1.29, 1.82) is 0 Å². The van der Waals surface area contributed by atoms with Crippen molar-refractivity contribution in [2.45, 2.75) is 13.8 Å². The number of hydrogen-bond donors (Lipinski definition) is 2. The number of nitrogens with zero attached hydrogens (tertiary/aromatic N) is 1. The molecule has 0 spiro atoms. The van der Waals surface area contributed by atoms with Crippen molar-refractivity contribution in [3.05, 3.63) is 29.3 Å². The first kappa shape index (κ1) is 16.8. The summed E-state index contributed by atoms with van der Waals surface area (Å²) in [7, 11) is 0. The van der Waals surface area contributed by atoms with Gasteiger partial charge in [-0.05, 0) is 25.0 Å². The lowest BCUT2D eigenvalue weighted by Gasteiger charge is -2.31. The molecule has 0 aromatic heterocycles. The summed E-state index contributed by atoms with van der Waals surface area (Å²) < 4.78 is 0. The Hall–Kier alpha value is -1.59. The van der Waals surface area contributed by atoms with Gasteiger partial charge in [-0.2, -0.15) is 0 Å². The Morgan fingerprint density at radius 1 is 1.23 bits per heavy atom. The monoisotopic (exact) mass is 324 g/mol. The van der Waals surface area contributed by atoms with E-state index in [4.69, 9.17) is 11.6 Å². The standard InChI is InChI=1S/C16H22ClN3O2/c1-12-4-3-5-13(2)16(12)18-14(21)11-19-6-8-20(9-7-19)15(22)10-17/h3-5H,6-11H2,1-2H3,(H,18,21)/p+1. The molecule has 0 unspecified atom stereocenters. The van der Waals surface area contributed by atoms with Gasteiger partial charge in [-0.25, -0.2) is 0 Å². The maximum absolute atomic E-state index is 12.2. The van der Waals surface area contributed by atoms with Crippen LogP contribution in [0.3, 0.4) is 0 Å². The topological polar surface area (TPSA) is 53.9 Å². The first-order valence-electron chi connectivity index (χ1n) is 7.54. The van der Waals surface area contributed by atoms with E-state index in [-0.39, 0.29) is 17.7 Å². The number of carbonyl (C=O) groups excluding carboxylic acids is 2. The second-order valence-corrected chi connectivity index (χ2v) is 6.02. The van der Waals surface area contributed by atoms with Crippen LogP contribution in [0.1, 0.15) is 11.1 Å². The summed E-state index contributed by atoms with van der Waals surface area (Å²) >= 11 is 5.56. The smallest absolute Gasteiger partial charge is 0.279 e. The number of anilines is 1. The molecule has 0 saturated carbocycles. The first-order chi connectivity index (χ1) is 10.5. The van der Waals surface area contributed by atoms with Gasteiger partial charge in [-0.1, -0.05) is 18.2 Å². The van der Waals surface area contributed by atoms with Gasteiger partial charge in [0, 0.05) is 5.69 Å². The molecule has 120 valence electrons. The van der Waals surface area contributed by atoms with Crippen molar-refractivity contribution in [3.8, 4) is 0 Å². The highest BCUT2D eigenvalue weighted by Crippen LogP contribution is 2.18. The molecule has 1 aromatic rings. The highest BCUT2D eigenvalue weighted by atomic mass is 35.5. The number of alkyl halides is 1. The Kier molecular flexibility index (Phi) is 5.80.